The molecule has 2 aliphatic rings. The van der Waals surface area contributed by atoms with E-state index < -0.39 is 70.9 Å². The van der Waals surface area contributed by atoms with Gasteiger partial charge in [0.05, 0.1) is 67.3 Å². The normalized spacial score (nSPS) is 14.8. The number of aliphatic carboxylic acids is 2. The minimum atomic E-state index is -3.91. The molecule has 0 bridgehead atoms. The molecule has 4 unspecified atom stereocenters. The summed E-state index contributed by atoms with van der Waals surface area (Å²) < 4.78 is 82.8. The molecule has 31 heteroatoms. The van der Waals surface area contributed by atoms with Crippen LogP contribution in [0.1, 0.15) is 92.0 Å². The summed E-state index contributed by atoms with van der Waals surface area (Å²) in [4.78, 5) is 108. The molecule has 0 spiro atoms. The van der Waals surface area contributed by atoms with Gasteiger partial charge in [0.25, 0.3) is 21.4 Å². The number of thioether (sulfide) groups is 1. The number of ether oxygens (including phenoxy) is 3. The van der Waals surface area contributed by atoms with Crippen molar-refractivity contribution in [2.24, 2.45) is 22.7 Å². The molecule has 0 radical (unpaired) electrons. The second-order valence-electron chi connectivity index (χ2n) is 20.3. The van der Waals surface area contributed by atoms with Gasteiger partial charge in [0, 0.05) is 36.8 Å². The number of aliphatic imine (C=N–C) groups is 1. The summed E-state index contributed by atoms with van der Waals surface area (Å²) in [6.07, 6.45) is 5.70. The molecule has 5 aromatic rings. The van der Waals surface area contributed by atoms with Gasteiger partial charge in [-0.05, 0) is 127 Å². The Kier molecular flexibility index (Phi) is 30.5. The Morgan fingerprint density at radius 2 is 1.34 bits per heavy atom. The summed E-state index contributed by atoms with van der Waals surface area (Å²) >= 11 is 1.37. The highest BCUT2D eigenvalue weighted by atomic mass is 32.2. The highest BCUT2D eigenvalue weighted by Crippen LogP contribution is 2.32. The fraction of sp³-hybridized carbons (Fsp3) is 0.373. The summed E-state index contributed by atoms with van der Waals surface area (Å²) in [6, 6.07) is 23.8. The Balaban J connectivity index is 0.000000295. The number of carbonyl (C=O) groups excluding carboxylic acids is 4. The van der Waals surface area contributed by atoms with Crippen molar-refractivity contribution >= 4 is 105 Å². The first-order valence-corrected chi connectivity index (χ1v) is 33.5. The number of carbonyl (C=O) groups is 7. The van der Waals surface area contributed by atoms with Gasteiger partial charge in [-0.3, -0.25) is 42.5 Å². The minimum Gasteiger partial charge on any atom is -0.482 e. The number of ketones is 4. The molecule has 0 amide bonds. The Labute approximate surface area is 524 Å². The SMILES string of the molecule is C=S(C)(=O)OCC1CCC(COS(C)(=O)=O)C1.CC(=O)CCC(CS(=O)(=O)c1ccc([N+](=O)[O-])cc1)C(=O)O.CC(=O)COc1ccccc1OCC(=O)O.CC(=O)CSC1=Nc2c(nc(C)[nH]c2=O)C1.CC(=O)c1cccc(Oc2ccccc2C(=O)O)c1. The van der Waals surface area contributed by atoms with E-state index >= 15 is 0 Å². The van der Waals surface area contributed by atoms with Crippen LogP contribution in [0.2, 0.25) is 0 Å². The molecule has 0 saturated heterocycles. The molecule has 1 saturated carbocycles. The lowest BCUT2D eigenvalue weighted by Crippen LogP contribution is -2.24. The number of carboxylic acids is 3. The van der Waals surface area contributed by atoms with Crippen LogP contribution in [-0.2, 0) is 68.5 Å². The molecule has 1 aromatic heterocycles. The van der Waals surface area contributed by atoms with Gasteiger partial charge in [-0.15, -0.1) is 11.8 Å². The third kappa shape index (κ3) is 29.2. The summed E-state index contributed by atoms with van der Waals surface area (Å²) in [5, 5.41) is 37.9. The fourth-order valence-corrected chi connectivity index (χ4v) is 11.1. The second-order valence-corrected chi connectivity index (χ2v) is 27.1. The number of aromatic amines is 1. The number of aryl methyl sites for hydroxylation is 1. The van der Waals surface area contributed by atoms with Crippen molar-refractivity contribution in [3.05, 3.63) is 140 Å². The lowest BCUT2D eigenvalue weighted by atomic mass is 10.0. The number of carboxylic acid groups (broad SMARTS) is 3. The van der Waals surface area contributed by atoms with Gasteiger partial charge >= 0.3 is 17.9 Å². The molecular weight excluding hydrogens is 1260 g/mol. The Morgan fingerprint density at radius 3 is 1.86 bits per heavy atom. The van der Waals surface area contributed by atoms with Crippen molar-refractivity contribution in [3.8, 4) is 23.0 Å². The number of aromatic carboxylic acids is 1. The smallest absolute Gasteiger partial charge is 0.341 e. The summed E-state index contributed by atoms with van der Waals surface area (Å²) in [5.74, 6) is 0.725. The van der Waals surface area contributed by atoms with Crippen LogP contribution in [0.15, 0.2) is 112 Å². The van der Waals surface area contributed by atoms with E-state index in [-0.39, 0.29) is 82.6 Å². The number of sulfone groups is 1. The number of hydrogen-bond acceptors (Lipinski definition) is 23. The number of benzene rings is 4. The van der Waals surface area contributed by atoms with Crippen LogP contribution in [0, 0.1) is 34.8 Å². The number of hydrogen-bond donors (Lipinski definition) is 4. The number of nitro groups is 1. The van der Waals surface area contributed by atoms with Crippen molar-refractivity contribution in [2.45, 2.75) is 78.0 Å². The average molecular weight is 1330 g/mol. The number of Topliss-reactive ketones (excluding diaryl/α,β-unsaturated/α-hetero) is 4. The molecule has 90 heavy (non-hydrogen) atoms. The van der Waals surface area contributed by atoms with E-state index in [0.717, 1.165) is 54.8 Å². The molecule has 1 fully saturated rings. The maximum Gasteiger partial charge on any atom is 0.341 e. The van der Waals surface area contributed by atoms with Gasteiger partial charge in [0.1, 0.15) is 41.1 Å². The van der Waals surface area contributed by atoms with Gasteiger partial charge in [-0.1, -0.05) is 36.4 Å². The predicted octanol–water partition coefficient (Wildman–Crippen LogP) is 7.58. The summed E-state index contributed by atoms with van der Waals surface area (Å²) in [7, 11) is -9.65. The molecule has 1 aliphatic carbocycles. The monoisotopic (exact) mass is 1330 g/mol. The molecule has 7 rings (SSSR count). The number of fused-ring (bicyclic) bond motifs is 1. The van der Waals surface area contributed by atoms with Crippen molar-refractivity contribution in [1.82, 2.24) is 9.97 Å². The maximum atomic E-state index is 12.2. The number of H-pyrrole nitrogens is 1. The fourth-order valence-electron chi connectivity index (χ4n) is 7.83. The van der Waals surface area contributed by atoms with Crippen LogP contribution in [0.4, 0.5) is 11.4 Å². The molecular formula is C59H70N4O23S4. The van der Waals surface area contributed by atoms with Gasteiger partial charge in [-0.25, -0.2) is 32.2 Å². The first-order chi connectivity index (χ1) is 42.0. The van der Waals surface area contributed by atoms with Crippen LogP contribution in [-0.4, -0.2) is 154 Å². The van der Waals surface area contributed by atoms with E-state index in [9.17, 15) is 69.5 Å². The molecule has 4 atom stereocenters. The zero-order valence-corrected chi connectivity index (χ0v) is 53.4. The second kappa shape index (κ2) is 36.2. The number of nitrogens with zero attached hydrogens (tertiary/aromatic N) is 3. The maximum absolute atomic E-state index is 12.2. The minimum absolute atomic E-state index is 0.0211. The topological polar surface area (TPSA) is 413 Å². The first-order valence-electron chi connectivity index (χ1n) is 27.0. The summed E-state index contributed by atoms with van der Waals surface area (Å²) in [5.41, 5.74) is 1.22. The Hall–Kier alpha value is -8.49. The number of nitrogens with one attached hydrogen (secondary N) is 1. The number of nitro benzene ring substituents is 1. The van der Waals surface area contributed by atoms with E-state index in [4.69, 9.17) is 37.9 Å². The zero-order valence-electron chi connectivity index (χ0n) is 50.1. The van der Waals surface area contributed by atoms with E-state index in [1.165, 1.54) is 51.8 Å². The molecule has 27 nitrogen and oxygen atoms in total. The molecule has 488 valence electrons. The highest BCUT2D eigenvalue weighted by Gasteiger charge is 2.29. The zero-order chi connectivity index (χ0) is 67.5. The van der Waals surface area contributed by atoms with E-state index in [0.29, 0.717) is 64.7 Å². The largest absolute Gasteiger partial charge is 0.482 e. The van der Waals surface area contributed by atoms with Gasteiger partial charge in [0.15, 0.2) is 45.2 Å². The molecule has 2 heterocycles. The van der Waals surface area contributed by atoms with Crippen molar-refractivity contribution < 1.29 is 97.4 Å². The van der Waals surface area contributed by atoms with Crippen LogP contribution in [0.5, 0.6) is 23.0 Å². The third-order valence-corrected chi connectivity index (χ3v) is 16.2. The van der Waals surface area contributed by atoms with Crippen LogP contribution in [0.3, 0.4) is 0 Å². The van der Waals surface area contributed by atoms with E-state index in [1.807, 2.05) is 0 Å². The van der Waals surface area contributed by atoms with Crippen LogP contribution >= 0.6 is 11.8 Å². The quantitative estimate of drug-likeness (QED) is 0.0136. The van der Waals surface area contributed by atoms with Crippen molar-refractivity contribution in [3.63, 3.8) is 0 Å². The lowest BCUT2D eigenvalue weighted by molar-refractivity contribution is -0.384. The van der Waals surface area contributed by atoms with E-state index in [2.05, 4.69) is 20.8 Å². The third-order valence-electron chi connectivity index (χ3n) is 12.0. The van der Waals surface area contributed by atoms with Crippen molar-refractivity contribution in [1.29, 1.82) is 0 Å². The molecule has 1 aliphatic heterocycles. The molecule has 4 N–H and O–H groups in total. The number of para-hydroxylation sites is 3. The van der Waals surface area contributed by atoms with Crippen LogP contribution in [0.25, 0.3) is 0 Å². The van der Waals surface area contributed by atoms with E-state index in [1.54, 1.807) is 73.7 Å². The standard InChI is InChI=1S/C15H12O4.C13H15NO7S.C11H12O5.C10H11N3O2S.C10H20O5S2/c1-10(16)11-5-4-6-12(9-11)19-14-8-3-2-7-13(14)15(17)18;1-9(15)2-3-10(13(16)17)8-22(20,21)12-6-4-11(5-7-12)14(18)19;1-8(12)6-15-9-4-2-3-5-10(9)16-7-11(13)14;1-5(14)4-16-8-3-7-9(13-8)10(15)12-6(2)11-7;1-16(2,11)14-7-9-4-5-10(6-9)8-15-17(3,12)13/h2-9H,1H3,(H,17,18);4-7,10H,2-3,8H2,1H3,(H,16,17);2-5H,6-7H2,1H3,(H,13,14);3-4H2,1-2H3,(H,11,12,15);9-10H,1,4-8H2,2-3H3. The molecule has 4 aromatic carbocycles. The summed E-state index contributed by atoms with van der Waals surface area (Å²) in [6.45, 7) is 7.59. The number of rotatable bonds is 26. The Morgan fingerprint density at radius 1 is 0.767 bits per heavy atom. The lowest BCUT2D eigenvalue weighted by Gasteiger charge is -2.12. The number of aromatic nitrogens is 2. The van der Waals surface area contributed by atoms with Crippen LogP contribution < -0.4 is 19.8 Å². The van der Waals surface area contributed by atoms with Gasteiger partial charge < -0.3 is 39.3 Å². The first kappa shape index (κ1) is 75.8. The van der Waals surface area contributed by atoms with Gasteiger partial charge in [0.2, 0.25) is 0 Å². The Bertz CT molecular complexity index is 3730. The predicted molar refractivity (Wildman–Crippen MR) is 334 cm³/mol. The highest BCUT2D eigenvalue weighted by molar-refractivity contribution is 8.14. The number of non-ortho nitro benzene ring substituents is 1. The van der Waals surface area contributed by atoms with Gasteiger partial charge in [-0.2, -0.15) is 8.42 Å². The average Bonchev–Trinajstić information content (AvgIpc) is 1.67. The van der Waals surface area contributed by atoms with Crippen molar-refractivity contribution in [2.75, 3.05) is 50.4 Å².